The van der Waals surface area contributed by atoms with E-state index in [1.807, 2.05) is 49.4 Å². The van der Waals surface area contributed by atoms with Gasteiger partial charge in [0.15, 0.2) is 0 Å². The minimum atomic E-state index is -0.525. The van der Waals surface area contributed by atoms with Crippen molar-refractivity contribution >= 4 is 35.0 Å². The van der Waals surface area contributed by atoms with Crippen molar-refractivity contribution in [2.45, 2.75) is 64.5 Å². The summed E-state index contributed by atoms with van der Waals surface area (Å²) in [5.41, 5.74) is 5.69. The monoisotopic (exact) mass is 537 g/mol. The second-order valence-electron chi connectivity index (χ2n) is 10.3. The third kappa shape index (κ3) is 6.79. The highest BCUT2D eigenvalue weighted by Crippen LogP contribution is 2.42. The number of hydrogen-bond acceptors (Lipinski definition) is 4. The van der Waals surface area contributed by atoms with Crippen LogP contribution in [0.5, 0.6) is 0 Å². The smallest absolute Gasteiger partial charge is 0.269 e. The molecule has 0 aliphatic carbocycles. The highest BCUT2D eigenvalue weighted by atomic mass is 32.2. The molecule has 1 N–H and O–H groups in total. The molecular weight excluding hydrogens is 502 g/mol. The van der Waals surface area contributed by atoms with E-state index >= 15 is 0 Å². The molecule has 1 aliphatic heterocycles. The molecule has 5 nitrogen and oxygen atoms in total. The van der Waals surface area contributed by atoms with Crippen molar-refractivity contribution in [2.24, 2.45) is 0 Å². The molecule has 3 aromatic rings. The molecule has 39 heavy (non-hydrogen) atoms. The Morgan fingerprint density at radius 1 is 1.05 bits per heavy atom. The van der Waals surface area contributed by atoms with E-state index in [-0.39, 0.29) is 11.5 Å². The molecule has 3 aromatic carbocycles. The van der Waals surface area contributed by atoms with E-state index in [4.69, 9.17) is 0 Å². The third-order valence-corrected chi connectivity index (χ3v) is 8.13. The number of benzene rings is 3. The number of rotatable bonds is 9. The number of aryl methyl sites for hydroxylation is 2. The fourth-order valence-electron chi connectivity index (χ4n) is 4.58. The van der Waals surface area contributed by atoms with Crippen LogP contribution in [0.25, 0.3) is 0 Å². The van der Waals surface area contributed by atoms with Gasteiger partial charge in [0.25, 0.3) is 5.91 Å². The van der Waals surface area contributed by atoms with Gasteiger partial charge in [0.2, 0.25) is 5.91 Å². The number of amides is 2. The summed E-state index contributed by atoms with van der Waals surface area (Å²) in [6.45, 7) is 8.35. The molecule has 0 saturated carbocycles. The quantitative estimate of drug-likeness (QED) is 0.226. The van der Waals surface area contributed by atoms with Crippen molar-refractivity contribution < 1.29 is 9.59 Å². The number of carbonyl (C=O) groups is 2. The maximum Gasteiger partial charge on any atom is 0.269 e. The van der Waals surface area contributed by atoms with Crippen LogP contribution in [0.4, 0.5) is 11.4 Å². The molecule has 0 radical (unpaired) electrons. The van der Waals surface area contributed by atoms with Gasteiger partial charge in [-0.25, -0.2) is 0 Å². The molecule has 1 unspecified atom stereocenters. The zero-order valence-electron chi connectivity index (χ0n) is 23.0. The molecule has 6 heteroatoms. The first-order valence-electron chi connectivity index (χ1n) is 13.5. The summed E-state index contributed by atoms with van der Waals surface area (Å²) >= 11 is 1.29. The summed E-state index contributed by atoms with van der Waals surface area (Å²) in [7, 11) is 0. The molecule has 1 heterocycles. The van der Waals surface area contributed by atoms with E-state index in [2.05, 4.69) is 56.4 Å². The molecule has 1 saturated heterocycles. The SMILES string of the molecule is CCCCc1ccc(CC2S/C(=C(/C#N)C(=O)Nc3cccc(C)c3)N(c3ccc(C(C)C)cc3)C2=O)cc1. The van der Waals surface area contributed by atoms with Gasteiger partial charge in [-0.3, -0.25) is 14.5 Å². The van der Waals surface area contributed by atoms with Gasteiger partial charge in [-0.05, 0) is 78.6 Å². The highest BCUT2D eigenvalue weighted by molar-refractivity contribution is 8.05. The Balaban J connectivity index is 1.67. The van der Waals surface area contributed by atoms with Crippen LogP contribution in [0.3, 0.4) is 0 Å². The maximum atomic E-state index is 13.8. The number of thioether (sulfide) groups is 1. The highest BCUT2D eigenvalue weighted by Gasteiger charge is 2.40. The molecule has 1 aliphatic rings. The summed E-state index contributed by atoms with van der Waals surface area (Å²) in [6, 6.07) is 25.7. The van der Waals surface area contributed by atoms with E-state index in [1.54, 1.807) is 11.0 Å². The number of unbranched alkanes of at least 4 members (excludes halogenated alkanes) is 1. The summed E-state index contributed by atoms with van der Waals surface area (Å²) in [5.74, 6) is -0.304. The van der Waals surface area contributed by atoms with Gasteiger partial charge >= 0.3 is 0 Å². The maximum absolute atomic E-state index is 13.8. The molecular formula is C33H35N3O2S. The third-order valence-electron chi connectivity index (χ3n) is 6.86. The number of hydrogen-bond donors (Lipinski definition) is 1. The Hall–Kier alpha value is -3.82. The number of anilines is 2. The van der Waals surface area contributed by atoms with Gasteiger partial charge in [-0.1, -0.05) is 87.5 Å². The Morgan fingerprint density at radius 2 is 1.74 bits per heavy atom. The lowest BCUT2D eigenvalue weighted by Gasteiger charge is -2.19. The fourth-order valence-corrected chi connectivity index (χ4v) is 5.89. The van der Waals surface area contributed by atoms with Crippen LogP contribution in [-0.4, -0.2) is 17.1 Å². The van der Waals surface area contributed by atoms with Crippen LogP contribution in [0, 0.1) is 18.3 Å². The number of nitriles is 1. The lowest BCUT2D eigenvalue weighted by atomic mass is 10.0. The van der Waals surface area contributed by atoms with Crippen molar-refractivity contribution in [3.8, 4) is 6.07 Å². The normalized spacial score (nSPS) is 16.4. The van der Waals surface area contributed by atoms with Crippen molar-refractivity contribution in [1.82, 2.24) is 0 Å². The number of nitrogens with one attached hydrogen (secondary N) is 1. The molecule has 0 bridgehead atoms. The largest absolute Gasteiger partial charge is 0.321 e. The van der Waals surface area contributed by atoms with Gasteiger partial charge in [0, 0.05) is 11.4 Å². The zero-order chi connectivity index (χ0) is 27.9. The van der Waals surface area contributed by atoms with Gasteiger partial charge in [0.1, 0.15) is 16.7 Å². The van der Waals surface area contributed by atoms with Gasteiger partial charge in [-0.15, -0.1) is 0 Å². The molecule has 0 spiro atoms. The average Bonchev–Trinajstić information content (AvgIpc) is 3.23. The Bertz CT molecular complexity index is 1400. The lowest BCUT2D eigenvalue weighted by molar-refractivity contribution is -0.117. The van der Waals surface area contributed by atoms with Crippen molar-refractivity contribution in [1.29, 1.82) is 5.26 Å². The standard InChI is InChI=1S/C33H35N3O2S/c1-5-6-9-24-11-13-25(14-12-24)20-30-32(38)36(28-17-15-26(16-18-28)22(2)3)33(39-30)29(21-34)31(37)35-27-10-7-8-23(4)19-27/h7-8,10-19,22,30H,5-6,9,20H2,1-4H3,(H,35,37)/b33-29-. The summed E-state index contributed by atoms with van der Waals surface area (Å²) in [6.07, 6.45) is 3.86. The first-order chi connectivity index (χ1) is 18.8. The number of carbonyl (C=O) groups excluding carboxylic acids is 2. The predicted molar refractivity (Wildman–Crippen MR) is 161 cm³/mol. The van der Waals surface area contributed by atoms with Gasteiger partial charge < -0.3 is 5.32 Å². The minimum absolute atomic E-state index is 0.0693. The second kappa shape index (κ2) is 12.8. The summed E-state index contributed by atoms with van der Waals surface area (Å²) in [5, 5.41) is 12.9. The first-order valence-corrected chi connectivity index (χ1v) is 14.4. The van der Waals surface area contributed by atoms with Crippen molar-refractivity contribution in [3.05, 3.63) is 106 Å². The topological polar surface area (TPSA) is 73.2 Å². The van der Waals surface area contributed by atoms with E-state index < -0.39 is 11.2 Å². The summed E-state index contributed by atoms with van der Waals surface area (Å²) in [4.78, 5) is 28.7. The van der Waals surface area contributed by atoms with Crippen molar-refractivity contribution in [3.63, 3.8) is 0 Å². The first kappa shape index (κ1) is 28.2. The van der Waals surface area contributed by atoms with Crippen LogP contribution in [0.1, 0.15) is 61.8 Å². The van der Waals surface area contributed by atoms with E-state index in [0.29, 0.717) is 28.7 Å². The van der Waals surface area contributed by atoms with Crippen LogP contribution < -0.4 is 10.2 Å². The van der Waals surface area contributed by atoms with Crippen LogP contribution in [0.2, 0.25) is 0 Å². The molecule has 4 rings (SSSR count). The Labute approximate surface area is 235 Å². The van der Waals surface area contributed by atoms with Gasteiger partial charge in [-0.2, -0.15) is 5.26 Å². The Kier molecular flexibility index (Phi) is 9.27. The lowest BCUT2D eigenvalue weighted by Crippen LogP contribution is -2.31. The zero-order valence-corrected chi connectivity index (χ0v) is 23.8. The fraction of sp³-hybridized carbons (Fsp3) is 0.303. The number of nitrogens with zero attached hydrogens (tertiary/aromatic N) is 2. The van der Waals surface area contributed by atoms with Crippen molar-refractivity contribution in [2.75, 3.05) is 10.2 Å². The molecule has 1 fully saturated rings. The molecule has 0 aromatic heterocycles. The Morgan fingerprint density at radius 3 is 2.36 bits per heavy atom. The predicted octanol–water partition coefficient (Wildman–Crippen LogP) is 7.53. The summed E-state index contributed by atoms with van der Waals surface area (Å²) < 4.78 is 0. The van der Waals surface area contributed by atoms with E-state index in [0.717, 1.165) is 36.0 Å². The van der Waals surface area contributed by atoms with E-state index in [9.17, 15) is 14.9 Å². The minimum Gasteiger partial charge on any atom is -0.321 e. The van der Waals surface area contributed by atoms with Crippen LogP contribution in [-0.2, 0) is 22.4 Å². The van der Waals surface area contributed by atoms with Gasteiger partial charge in [0.05, 0.1) is 5.25 Å². The average molecular weight is 538 g/mol. The van der Waals surface area contributed by atoms with Crippen LogP contribution in [0.15, 0.2) is 83.4 Å². The molecule has 200 valence electrons. The second-order valence-corrected chi connectivity index (χ2v) is 11.5. The van der Waals surface area contributed by atoms with Crippen LogP contribution >= 0.6 is 11.8 Å². The molecule has 1 atom stereocenters. The molecule has 2 amide bonds. The van der Waals surface area contributed by atoms with E-state index in [1.165, 1.54) is 17.3 Å².